The Morgan fingerprint density at radius 1 is 0.808 bits per heavy atom. The lowest BCUT2D eigenvalue weighted by atomic mass is 10.1. The first-order chi connectivity index (χ1) is 25.0. The van der Waals surface area contributed by atoms with E-state index in [1.54, 1.807) is 64.5 Å². The number of methoxy groups -OCH3 is 1. The first kappa shape index (κ1) is 39.3. The van der Waals surface area contributed by atoms with Crippen molar-refractivity contribution >= 4 is 41.0 Å². The maximum Gasteiger partial charge on any atom is 0.425 e. The average Bonchev–Trinajstić information content (AvgIpc) is 3.14. The molecule has 0 spiro atoms. The summed E-state index contributed by atoms with van der Waals surface area (Å²) >= 11 is 0. The molecule has 1 heterocycles. The molecule has 12 heteroatoms. The molecule has 0 saturated heterocycles. The SMILES string of the molecule is CCN(CC)CCN(C)C(=O)c1ccc(Nc2nccc(N(C(=O)Oc3ccc(CC(=O)N(CC)CC)cc3OC)c3c(C)cccc3C)n2)cc1. The number of amides is 3. The monoisotopic (exact) mass is 709 g/mol. The fraction of sp³-hybridized carbons (Fsp3) is 0.375. The largest absolute Gasteiger partial charge is 0.493 e. The van der Waals surface area contributed by atoms with Gasteiger partial charge in [0.15, 0.2) is 11.5 Å². The van der Waals surface area contributed by atoms with Gasteiger partial charge in [-0.05, 0) is 93.9 Å². The van der Waals surface area contributed by atoms with Gasteiger partial charge in [0.05, 0.1) is 19.2 Å². The van der Waals surface area contributed by atoms with Crippen LogP contribution in [0.1, 0.15) is 54.7 Å². The summed E-state index contributed by atoms with van der Waals surface area (Å²) in [7, 11) is 3.30. The zero-order valence-electron chi connectivity index (χ0n) is 31.6. The molecule has 0 fully saturated rings. The average molecular weight is 710 g/mol. The third kappa shape index (κ3) is 9.85. The van der Waals surface area contributed by atoms with Crippen LogP contribution in [0.2, 0.25) is 0 Å². The summed E-state index contributed by atoms with van der Waals surface area (Å²) in [5.74, 6) is 0.993. The number of aromatic nitrogens is 2. The number of carbonyl (C=O) groups is 3. The van der Waals surface area contributed by atoms with Crippen LogP contribution in [-0.2, 0) is 11.2 Å². The first-order valence-electron chi connectivity index (χ1n) is 17.7. The van der Waals surface area contributed by atoms with Gasteiger partial charge in [0, 0.05) is 56.7 Å². The quantitative estimate of drug-likeness (QED) is 0.131. The van der Waals surface area contributed by atoms with Crippen LogP contribution in [0.5, 0.6) is 11.5 Å². The van der Waals surface area contributed by atoms with Crippen LogP contribution in [0.4, 0.5) is 27.9 Å². The van der Waals surface area contributed by atoms with E-state index in [9.17, 15) is 14.4 Å². The number of ether oxygens (including phenoxy) is 2. The summed E-state index contributed by atoms with van der Waals surface area (Å²) in [5.41, 5.74) is 4.28. The summed E-state index contributed by atoms with van der Waals surface area (Å²) in [6, 6.07) is 19.6. The lowest BCUT2D eigenvalue weighted by molar-refractivity contribution is -0.130. The van der Waals surface area contributed by atoms with Crippen LogP contribution < -0.4 is 19.7 Å². The molecule has 0 saturated carbocycles. The summed E-state index contributed by atoms with van der Waals surface area (Å²) in [6.07, 6.45) is 1.05. The highest BCUT2D eigenvalue weighted by Gasteiger charge is 2.27. The van der Waals surface area contributed by atoms with Crippen molar-refractivity contribution in [2.24, 2.45) is 0 Å². The van der Waals surface area contributed by atoms with Crippen molar-refractivity contribution in [3.63, 3.8) is 0 Å². The Labute approximate surface area is 307 Å². The molecule has 0 bridgehead atoms. The normalized spacial score (nSPS) is 10.9. The lowest BCUT2D eigenvalue weighted by Gasteiger charge is -2.25. The highest BCUT2D eigenvalue weighted by molar-refractivity contribution is 5.98. The Hall–Kier alpha value is -5.49. The zero-order chi connectivity index (χ0) is 37.8. The molecule has 0 aliphatic carbocycles. The Balaban J connectivity index is 1.57. The van der Waals surface area contributed by atoms with Gasteiger partial charge in [0.1, 0.15) is 5.82 Å². The van der Waals surface area contributed by atoms with Crippen molar-refractivity contribution in [3.05, 3.63) is 95.2 Å². The summed E-state index contributed by atoms with van der Waals surface area (Å²) in [6.45, 7) is 16.5. The first-order valence-corrected chi connectivity index (χ1v) is 17.7. The van der Waals surface area contributed by atoms with E-state index < -0.39 is 6.09 Å². The smallest absolute Gasteiger partial charge is 0.425 e. The summed E-state index contributed by atoms with van der Waals surface area (Å²) in [4.78, 5) is 56.2. The molecule has 3 aromatic carbocycles. The molecular weight excluding hydrogens is 658 g/mol. The molecular formula is C40H51N7O5. The highest BCUT2D eigenvalue weighted by Crippen LogP contribution is 2.34. The van der Waals surface area contributed by atoms with Crippen LogP contribution in [0, 0.1) is 13.8 Å². The van der Waals surface area contributed by atoms with Crippen molar-refractivity contribution < 1.29 is 23.9 Å². The van der Waals surface area contributed by atoms with E-state index in [0.29, 0.717) is 42.3 Å². The molecule has 0 atom stereocenters. The molecule has 52 heavy (non-hydrogen) atoms. The molecule has 0 radical (unpaired) electrons. The Morgan fingerprint density at radius 2 is 1.48 bits per heavy atom. The third-order valence-electron chi connectivity index (χ3n) is 8.99. The van der Waals surface area contributed by atoms with E-state index in [1.165, 1.54) is 12.0 Å². The highest BCUT2D eigenvalue weighted by atomic mass is 16.6. The number of nitrogens with one attached hydrogen (secondary N) is 1. The molecule has 0 aliphatic heterocycles. The maximum absolute atomic E-state index is 14.1. The van der Waals surface area contributed by atoms with Crippen LogP contribution in [0.3, 0.4) is 0 Å². The predicted molar refractivity (Wildman–Crippen MR) is 205 cm³/mol. The van der Waals surface area contributed by atoms with Gasteiger partial charge in [-0.3, -0.25) is 9.59 Å². The molecule has 1 N–H and O–H groups in total. The van der Waals surface area contributed by atoms with Crippen molar-refractivity contribution in [2.75, 3.05) is 63.6 Å². The second-order valence-electron chi connectivity index (χ2n) is 12.4. The zero-order valence-corrected chi connectivity index (χ0v) is 31.6. The third-order valence-corrected chi connectivity index (χ3v) is 8.99. The minimum absolute atomic E-state index is 0.00427. The number of para-hydroxylation sites is 1. The number of hydrogen-bond acceptors (Lipinski definition) is 9. The van der Waals surface area contributed by atoms with Gasteiger partial charge in [0.2, 0.25) is 11.9 Å². The van der Waals surface area contributed by atoms with Gasteiger partial charge in [-0.2, -0.15) is 4.98 Å². The number of likely N-dealkylation sites (N-methyl/N-ethyl adjacent to an activating group) is 3. The second-order valence-corrected chi connectivity index (χ2v) is 12.4. The summed E-state index contributed by atoms with van der Waals surface area (Å²) < 4.78 is 11.6. The number of carbonyl (C=O) groups excluding carboxylic acids is 3. The molecule has 12 nitrogen and oxygen atoms in total. The number of anilines is 4. The fourth-order valence-corrected chi connectivity index (χ4v) is 5.88. The molecule has 4 aromatic rings. The van der Waals surface area contributed by atoms with Crippen molar-refractivity contribution in [1.82, 2.24) is 24.7 Å². The van der Waals surface area contributed by atoms with E-state index in [0.717, 1.165) is 36.3 Å². The number of nitrogens with zero attached hydrogens (tertiary/aromatic N) is 6. The van der Waals surface area contributed by atoms with Gasteiger partial charge in [-0.1, -0.05) is 38.1 Å². The fourth-order valence-electron chi connectivity index (χ4n) is 5.88. The van der Waals surface area contributed by atoms with Crippen molar-refractivity contribution in [2.45, 2.75) is 48.0 Å². The maximum atomic E-state index is 14.1. The number of aryl methyl sites for hydroxylation is 2. The summed E-state index contributed by atoms with van der Waals surface area (Å²) in [5, 5.41) is 3.19. The Bertz CT molecular complexity index is 1800. The van der Waals surface area contributed by atoms with Crippen LogP contribution >= 0.6 is 0 Å². The molecule has 1 aromatic heterocycles. The molecule has 4 rings (SSSR count). The number of hydrogen-bond donors (Lipinski definition) is 1. The van der Waals surface area contributed by atoms with Gasteiger partial charge < -0.3 is 29.5 Å². The van der Waals surface area contributed by atoms with Gasteiger partial charge in [-0.15, -0.1) is 0 Å². The van der Waals surface area contributed by atoms with E-state index in [2.05, 4.69) is 29.0 Å². The van der Waals surface area contributed by atoms with Crippen molar-refractivity contribution in [3.8, 4) is 11.5 Å². The molecule has 276 valence electrons. The van der Waals surface area contributed by atoms with Crippen molar-refractivity contribution in [1.29, 1.82) is 0 Å². The Morgan fingerprint density at radius 3 is 2.10 bits per heavy atom. The number of rotatable bonds is 16. The van der Waals surface area contributed by atoms with Gasteiger partial charge in [-0.25, -0.2) is 14.7 Å². The molecule has 3 amide bonds. The Kier molecular flexibility index (Phi) is 14.1. The molecule has 0 unspecified atom stereocenters. The van der Waals surface area contributed by atoms with E-state index in [-0.39, 0.29) is 35.8 Å². The van der Waals surface area contributed by atoms with E-state index in [1.807, 2.05) is 52.9 Å². The number of benzene rings is 3. The molecule has 0 aliphatic rings. The van der Waals surface area contributed by atoms with Crippen LogP contribution in [0.15, 0.2) is 72.9 Å². The van der Waals surface area contributed by atoms with E-state index in [4.69, 9.17) is 14.5 Å². The minimum atomic E-state index is -0.708. The standard InChI is InChI=1S/C40H51N7O5/c1-9-45(10-2)25-24-44(7)38(49)31-17-19-32(20-18-31)42-39-41-23-22-35(43-39)47(37-28(5)14-13-15-29(37)6)40(50)52-33-21-16-30(26-34(33)51-8)27-36(48)46(11-3)12-4/h13-23,26H,9-12,24-25,27H2,1-8H3,(H,41,42,43). The van der Waals surface area contributed by atoms with Crippen LogP contribution in [0.25, 0.3) is 0 Å². The topological polar surface area (TPSA) is 120 Å². The minimum Gasteiger partial charge on any atom is -0.493 e. The van der Waals surface area contributed by atoms with Gasteiger partial charge >= 0.3 is 6.09 Å². The van der Waals surface area contributed by atoms with Crippen LogP contribution in [-0.4, -0.2) is 96.0 Å². The predicted octanol–water partition coefficient (Wildman–Crippen LogP) is 7.01. The van der Waals surface area contributed by atoms with Gasteiger partial charge in [0.25, 0.3) is 5.91 Å². The lowest BCUT2D eigenvalue weighted by Crippen LogP contribution is -2.36. The second kappa shape index (κ2) is 18.7. The van der Waals surface area contributed by atoms with E-state index >= 15 is 0 Å².